The van der Waals surface area contributed by atoms with E-state index >= 15 is 0 Å². The Bertz CT molecular complexity index is 478. The summed E-state index contributed by atoms with van der Waals surface area (Å²) in [5, 5.41) is 3.79. The molecule has 3 rings (SSSR count). The highest BCUT2D eigenvalue weighted by Crippen LogP contribution is 2.35. The first-order chi connectivity index (χ1) is 10.1. The Hall–Kier alpha value is -1.22. The summed E-state index contributed by atoms with van der Waals surface area (Å²) in [6.07, 6.45) is 5.34. The molecule has 2 aliphatic rings. The van der Waals surface area contributed by atoms with Crippen LogP contribution in [0.25, 0.3) is 0 Å². The molecule has 1 fully saturated rings. The van der Waals surface area contributed by atoms with Crippen LogP contribution in [0, 0.1) is 11.8 Å². The summed E-state index contributed by atoms with van der Waals surface area (Å²) in [6.45, 7) is 7.30. The highest BCUT2D eigenvalue weighted by molar-refractivity contribution is 5.45. The number of rotatable bonds is 4. The summed E-state index contributed by atoms with van der Waals surface area (Å²) >= 11 is 0. The van der Waals surface area contributed by atoms with Crippen LogP contribution in [0.1, 0.15) is 58.1 Å². The van der Waals surface area contributed by atoms with Crippen molar-refractivity contribution in [2.24, 2.45) is 11.8 Å². The zero-order valence-electron chi connectivity index (χ0n) is 13.4. The molecule has 1 aromatic carbocycles. The normalized spacial score (nSPS) is 26.1. The first kappa shape index (κ1) is 14.7. The first-order valence-corrected chi connectivity index (χ1v) is 8.29. The Morgan fingerprint density at radius 1 is 1.00 bits per heavy atom. The van der Waals surface area contributed by atoms with E-state index in [9.17, 15) is 0 Å². The second-order valence-corrected chi connectivity index (χ2v) is 6.86. The largest absolute Gasteiger partial charge is 0.454 e. The molecule has 1 N–H and O–H groups in total. The SMILES string of the molecule is CC(NC1CCC(C(C)C)CC1)c1ccc2c(c1)OCO2. The molecule has 3 heteroatoms. The molecule has 1 unspecified atom stereocenters. The highest BCUT2D eigenvalue weighted by Gasteiger charge is 2.24. The number of benzene rings is 1. The predicted octanol–water partition coefficient (Wildman–Crippen LogP) is 4.28. The summed E-state index contributed by atoms with van der Waals surface area (Å²) < 4.78 is 10.8. The van der Waals surface area contributed by atoms with Crippen molar-refractivity contribution in [2.45, 2.75) is 58.5 Å². The van der Waals surface area contributed by atoms with E-state index in [-0.39, 0.29) is 0 Å². The molecule has 0 saturated heterocycles. The molecule has 1 atom stereocenters. The van der Waals surface area contributed by atoms with Crippen molar-refractivity contribution in [3.63, 3.8) is 0 Å². The van der Waals surface area contributed by atoms with Crippen LogP contribution in [-0.4, -0.2) is 12.8 Å². The van der Waals surface area contributed by atoms with E-state index in [1.54, 1.807) is 0 Å². The van der Waals surface area contributed by atoms with Crippen LogP contribution in [0.15, 0.2) is 18.2 Å². The third kappa shape index (κ3) is 3.34. The van der Waals surface area contributed by atoms with Gasteiger partial charge in [0.25, 0.3) is 0 Å². The molecule has 0 aromatic heterocycles. The average Bonchev–Trinajstić information content (AvgIpc) is 2.95. The van der Waals surface area contributed by atoms with Crippen LogP contribution in [0.5, 0.6) is 11.5 Å². The van der Waals surface area contributed by atoms with E-state index in [4.69, 9.17) is 9.47 Å². The Balaban J connectivity index is 1.56. The van der Waals surface area contributed by atoms with E-state index in [1.165, 1.54) is 31.2 Å². The molecule has 1 heterocycles. The van der Waals surface area contributed by atoms with Crippen LogP contribution in [0.3, 0.4) is 0 Å². The fourth-order valence-electron chi connectivity index (χ4n) is 3.58. The van der Waals surface area contributed by atoms with Gasteiger partial charge in [-0.3, -0.25) is 0 Å². The van der Waals surface area contributed by atoms with Crippen molar-refractivity contribution in [1.29, 1.82) is 0 Å². The smallest absolute Gasteiger partial charge is 0.231 e. The van der Waals surface area contributed by atoms with Gasteiger partial charge < -0.3 is 14.8 Å². The van der Waals surface area contributed by atoms with Crippen LogP contribution in [-0.2, 0) is 0 Å². The molecule has 1 aliphatic heterocycles. The molecular weight excluding hydrogens is 262 g/mol. The van der Waals surface area contributed by atoms with Gasteiger partial charge in [0.2, 0.25) is 6.79 Å². The highest BCUT2D eigenvalue weighted by atomic mass is 16.7. The molecule has 1 aliphatic carbocycles. The Morgan fingerprint density at radius 2 is 1.71 bits per heavy atom. The van der Waals surface area contributed by atoms with Gasteiger partial charge in [-0.25, -0.2) is 0 Å². The number of hydrogen-bond acceptors (Lipinski definition) is 3. The van der Waals surface area contributed by atoms with Crippen molar-refractivity contribution in [2.75, 3.05) is 6.79 Å². The van der Waals surface area contributed by atoms with Gasteiger partial charge in [0, 0.05) is 12.1 Å². The van der Waals surface area contributed by atoms with E-state index < -0.39 is 0 Å². The van der Waals surface area contributed by atoms with E-state index in [2.05, 4.69) is 38.2 Å². The molecule has 0 bridgehead atoms. The minimum absolute atomic E-state index is 0.347. The molecule has 1 saturated carbocycles. The Morgan fingerprint density at radius 3 is 2.43 bits per heavy atom. The van der Waals surface area contributed by atoms with Gasteiger partial charge in [-0.2, -0.15) is 0 Å². The van der Waals surface area contributed by atoms with Gasteiger partial charge in [-0.15, -0.1) is 0 Å². The lowest BCUT2D eigenvalue weighted by Crippen LogP contribution is -2.35. The minimum atomic E-state index is 0.347. The van der Waals surface area contributed by atoms with Gasteiger partial charge in [0.1, 0.15) is 0 Å². The molecule has 0 radical (unpaired) electrons. The monoisotopic (exact) mass is 289 g/mol. The van der Waals surface area contributed by atoms with E-state index in [0.717, 1.165) is 23.3 Å². The number of ether oxygens (including phenoxy) is 2. The third-order valence-electron chi connectivity index (χ3n) is 5.10. The summed E-state index contributed by atoms with van der Waals surface area (Å²) in [6, 6.07) is 7.29. The van der Waals surface area contributed by atoms with Crippen molar-refractivity contribution in [1.82, 2.24) is 5.32 Å². The van der Waals surface area contributed by atoms with Gasteiger partial charge in [-0.05, 0) is 62.1 Å². The second-order valence-electron chi connectivity index (χ2n) is 6.86. The van der Waals surface area contributed by atoms with Crippen LogP contribution < -0.4 is 14.8 Å². The molecule has 21 heavy (non-hydrogen) atoms. The van der Waals surface area contributed by atoms with Crippen LogP contribution in [0.2, 0.25) is 0 Å². The van der Waals surface area contributed by atoms with Gasteiger partial charge in [0.05, 0.1) is 0 Å². The lowest BCUT2D eigenvalue weighted by molar-refractivity contribution is 0.174. The lowest BCUT2D eigenvalue weighted by Gasteiger charge is -2.33. The first-order valence-electron chi connectivity index (χ1n) is 8.29. The van der Waals surface area contributed by atoms with Crippen molar-refractivity contribution < 1.29 is 9.47 Å². The number of hydrogen-bond donors (Lipinski definition) is 1. The van der Waals surface area contributed by atoms with E-state index in [0.29, 0.717) is 18.9 Å². The van der Waals surface area contributed by atoms with Crippen molar-refractivity contribution >= 4 is 0 Å². The Kier molecular flexibility index (Phi) is 4.39. The maximum Gasteiger partial charge on any atom is 0.231 e. The molecule has 0 spiro atoms. The summed E-state index contributed by atoms with van der Waals surface area (Å²) in [7, 11) is 0. The van der Waals surface area contributed by atoms with Crippen molar-refractivity contribution in [3.8, 4) is 11.5 Å². The maximum absolute atomic E-state index is 5.47. The van der Waals surface area contributed by atoms with E-state index in [1.807, 2.05) is 6.07 Å². The summed E-state index contributed by atoms with van der Waals surface area (Å²) in [4.78, 5) is 0. The molecule has 116 valence electrons. The Labute approximate surface area is 128 Å². The third-order valence-corrected chi connectivity index (χ3v) is 5.10. The van der Waals surface area contributed by atoms with Gasteiger partial charge in [-0.1, -0.05) is 19.9 Å². The molecule has 0 amide bonds. The standard InChI is InChI=1S/C18H27NO2/c1-12(2)14-4-7-16(8-5-14)19-13(3)15-6-9-17-18(10-15)21-11-20-17/h6,9-10,12-14,16,19H,4-5,7-8,11H2,1-3H3. The average molecular weight is 289 g/mol. The number of nitrogens with one attached hydrogen (secondary N) is 1. The molecule has 3 nitrogen and oxygen atoms in total. The lowest BCUT2D eigenvalue weighted by atomic mass is 9.79. The maximum atomic E-state index is 5.47. The summed E-state index contributed by atoms with van der Waals surface area (Å²) in [5.74, 6) is 3.49. The van der Waals surface area contributed by atoms with Crippen molar-refractivity contribution in [3.05, 3.63) is 23.8 Å². The topological polar surface area (TPSA) is 30.5 Å². The quantitative estimate of drug-likeness (QED) is 0.897. The zero-order chi connectivity index (χ0) is 14.8. The van der Waals surface area contributed by atoms with Crippen LogP contribution >= 0.6 is 0 Å². The predicted molar refractivity (Wildman–Crippen MR) is 84.7 cm³/mol. The minimum Gasteiger partial charge on any atom is -0.454 e. The zero-order valence-corrected chi connectivity index (χ0v) is 13.4. The van der Waals surface area contributed by atoms with Crippen LogP contribution in [0.4, 0.5) is 0 Å². The number of fused-ring (bicyclic) bond motifs is 1. The van der Waals surface area contributed by atoms with Gasteiger partial charge >= 0.3 is 0 Å². The fourth-order valence-corrected chi connectivity index (χ4v) is 3.58. The van der Waals surface area contributed by atoms with Gasteiger partial charge in [0.15, 0.2) is 11.5 Å². The molecular formula is C18H27NO2. The second kappa shape index (κ2) is 6.27. The fraction of sp³-hybridized carbons (Fsp3) is 0.667. The summed E-state index contributed by atoms with van der Waals surface area (Å²) in [5.41, 5.74) is 1.28. The molecule has 1 aromatic rings.